The van der Waals surface area contributed by atoms with Crippen LogP contribution in [-0.4, -0.2) is 54.0 Å². The summed E-state index contributed by atoms with van der Waals surface area (Å²) in [6, 6.07) is 0.539. The fourth-order valence-corrected chi connectivity index (χ4v) is 3.07. The van der Waals surface area contributed by atoms with Crippen molar-refractivity contribution in [2.24, 2.45) is 5.73 Å². The van der Waals surface area contributed by atoms with Gasteiger partial charge in [-0.25, -0.2) is 0 Å². The number of amides is 1. The van der Waals surface area contributed by atoms with Crippen LogP contribution in [0.15, 0.2) is 0 Å². The number of halogens is 2. The predicted octanol–water partition coefficient (Wildman–Crippen LogP) is 1.65. The number of carbonyl (C=O) groups excluding carboxylic acids is 1. The molecule has 1 saturated carbocycles. The van der Waals surface area contributed by atoms with Crippen LogP contribution in [0, 0.1) is 0 Å². The van der Waals surface area contributed by atoms with Gasteiger partial charge in [-0.2, -0.15) is 0 Å². The summed E-state index contributed by atoms with van der Waals surface area (Å²) in [6.07, 6.45) is 5.29. The lowest BCUT2D eigenvalue weighted by Crippen LogP contribution is -2.60. The van der Waals surface area contributed by atoms with Gasteiger partial charge in [-0.05, 0) is 45.2 Å². The molecule has 0 aromatic heterocycles. The summed E-state index contributed by atoms with van der Waals surface area (Å²) in [7, 11) is 1.90. The SMILES string of the molecule is CCN1CCCC1CN(C)C(=O)C1(N)CCC1.Cl.Cl. The highest BCUT2D eigenvalue weighted by Crippen LogP contribution is 2.31. The van der Waals surface area contributed by atoms with Crippen molar-refractivity contribution in [1.29, 1.82) is 0 Å². The van der Waals surface area contributed by atoms with E-state index in [1.54, 1.807) is 0 Å². The minimum atomic E-state index is -0.537. The van der Waals surface area contributed by atoms with Crippen molar-refractivity contribution in [2.45, 2.75) is 50.6 Å². The van der Waals surface area contributed by atoms with Gasteiger partial charge in [0, 0.05) is 19.6 Å². The van der Waals surface area contributed by atoms with Crippen molar-refractivity contribution in [1.82, 2.24) is 9.80 Å². The average Bonchev–Trinajstić information content (AvgIpc) is 2.72. The number of carbonyl (C=O) groups is 1. The van der Waals surface area contributed by atoms with E-state index in [2.05, 4.69) is 11.8 Å². The molecule has 114 valence electrons. The smallest absolute Gasteiger partial charge is 0.242 e. The molecule has 4 nitrogen and oxygen atoms in total. The molecule has 1 atom stereocenters. The fourth-order valence-electron chi connectivity index (χ4n) is 3.07. The maximum Gasteiger partial charge on any atom is 0.242 e. The largest absolute Gasteiger partial charge is 0.343 e. The lowest BCUT2D eigenvalue weighted by molar-refractivity contribution is -0.139. The van der Waals surface area contributed by atoms with E-state index in [0.717, 1.165) is 32.4 Å². The number of likely N-dealkylation sites (N-methyl/N-ethyl adjacent to an activating group) is 2. The lowest BCUT2D eigenvalue weighted by atomic mass is 9.76. The monoisotopic (exact) mass is 311 g/mol. The standard InChI is InChI=1S/C13H25N3O.2ClH/c1-3-16-9-4-6-11(16)10-15(2)12(17)13(14)7-5-8-13;;/h11H,3-10,14H2,1-2H3;2*1H. The van der Waals surface area contributed by atoms with Gasteiger partial charge < -0.3 is 10.6 Å². The number of nitrogens with zero attached hydrogens (tertiary/aromatic N) is 2. The van der Waals surface area contributed by atoms with Gasteiger partial charge >= 0.3 is 0 Å². The zero-order valence-corrected chi connectivity index (χ0v) is 13.6. The second-order valence-corrected chi connectivity index (χ2v) is 5.62. The van der Waals surface area contributed by atoms with Crippen LogP contribution in [0.5, 0.6) is 0 Å². The maximum atomic E-state index is 12.2. The lowest BCUT2D eigenvalue weighted by Gasteiger charge is -2.40. The minimum Gasteiger partial charge on any atom is -0.343 e. The highest BCUT2D eigenvalue weighted by molar-refractivity contribution is 5.87. The third kappa shape index (κ3) is 3.97. The molecule has 1 amide bonds. The van der Waals surface area contributed by atoms with Crippen LogP contribution in [0.1, 0.15) is 39.0 Å². The first-order valence-corrected chi connectivity index (χ1v) is 6.85. The van der Waals surface area contributed by atoms with Crippen LogP contribution >= 0.6 is 24.8 Å². The summed E-state index contributed by atoms with van der Waals surface area (Å²) in [6.45, 7) is 5.29. The van der Waals surface area contributed by atoms with E-state index in [1.807, 2.05) is 11.9 Å². The second-order valence-electron chi connectivity index (χ2n) is 5.62. The van der Waals surface area contributed by atoms with Gasteiger partial charge in [0.2, 0.25) is 5.91 Å². The average molecular weight is 312 g/mol. The molecule has 0 bridgehead atoms. The molecular weight excluding hydrogens is 285 g/mol. The Labute approximate surface area is 128 Å². The van der Waals surface area contributed by atoms with Crippen LogP contribution in [0.25, 0.3) is 0 Å². The van der Waals surface area contributed by atoms with Crippen LogP contribution in [-0.2, 0) is 4.79 Å². The molecule has 2 aliphatic rings. The third-order valence-electron chi connectivity index (χ3n) is 4.41. The predicted molar refractivity (Wildman–Crippen MR) is 83.2 cm³/mol. The van der Waals surface area contributed by atoms with Crippen LogP contribution in [0.2, 0.25) is 0 Å². The molecule has 1 aliphatic heterocycles. The quantitative estimate of drug-likeness (QED) is 0.859. The topological polar surface area (TPSA) is 49.6 Å². The van der Waals surface area contributed by atoms with Crippen LogP contribution < -0.4 is 5.73 Å². The first-order chi connectivity index (χ1) is 8.07. The van der Waals surface area contributed by atoms with Crippen LogP contribution in [0.4, 0.5) is 0 Å². The van der Waals surface area contributed by atoms with E-state index in [1.165, 1.54) is 19.4 Å². The first kappa shape index (κ1) is 19.0. The molecule has 0 spiro atoms. The molecule has 2 rings (SSSR count). The zero-order chi connectivity index (χ0) is 12.5. The molecule has 1 saturated heterocycles. The van der Waals surface area contributed by atoms with Crippen molar-refractivity contribution in [3.05, 3.63) is 0 Å². The minimum absolute atomic E-state index is 0. The number of likely N-dealkylation sites (tertiary alicyclic amines) is 1. The maximum absolute atomic E-state index is 12.2. The van der Waals surface area contributed by atoms with Gasteiger partial charge in [0.25, 0.3) is 0 Å². The normalized spacial score (nSPS) is 24.9. The van der Waals surface area contributed by atoms with Crippen molar-refractivity contribution >= 4 is 30.7 Å². The third-order valence-corrected chi connectivity index (χ3v) is 4.41. The van der Waals surface area contributed by atoms with E-state index in [0.29, 0.717) is 6.04 Å². The fraction of sp³-hybridized carbons (Fsp3) is 0.923. The summed E-state index contributed by atoms with van der Waals surface area (Å²) in [5, 5.41) is 0. The van der Waals surface area contributed by atoms with Crippen molar-refractivity contribution < 1.29 is 4.79 Å². The van der Waals surface area contributed by atoms with Gasteiger partial charge in [-0.1, -0.05) is 6.92 Å². The molecule has 1 heterocycles. The van der Waals surface area contributed by atoms with E-state index in [9.17, 15) is 4.79 Å². The van der Waals surface area contributed by atoms with Crippen molar-refractivity contribution in [2.75, 3.05) is 26.7 Å². The molecule has 2 fully saturated rings. The summed E-state index contributed by atoms with van der Waals surface area (Å²) in [4.78, 5) is 16.5. The summed E-state index contributed by atoms with van der Waals surface area (Å²) in [5.41, 5.74) is 5.55. The van der Waals surface area contributed by atoms with Gasteiger partial charge in [0.15, 0.2) is 0 Å². The van der Waals surface area contributed by atoms with Gasteiger partial charge in [-0.3, -0.25) is 9.69 Å². The van der Waals surface area contributed by atoms with Gasteiger partial charge in [0.1, 0.15) is 0 Å². The molecule has 6 heteroatoms. The molecule has 2 N–H and O–H groups in total. The summed E-state index contributed by atoms with van der Waals surface area (Å²) >= 11 is 0. The van der Waals surface area contributed by atoms with Crippen LogP contribution in [0.3, 0.4) is 0 Å². The Hall–Kier alpha value is -0.0300. The molecule has 0 aromatic rings. The molecule has 0 aromatic carbocycles. The van der Waals surface area contributed by atoms with E-state index in [4.69, 9.17) is 5.73 Å². The Balaban J connectivity index is 0.00000162. The highest BCUT2D eigenvalue weighted by atomic mass is 35.5. The molecular formula is C13H27Cl2N3O. The Morgan fingerprint density at radius 2 is 2.00 bits per heavy atom. The first-order valence-electron chi connectivity index (χ1n) is 6.85. The molecule has 0 radical (unpaired) electrons. The van der Waals surface area contributed by atoms with Gasteiger partial charge in [-0.15, -0.1) is 24.8 Å². The van der Waals surface area contributed by atoms with E-state index >= 15 is 0 Å². The Morgan fingerprint density at radius 3 is 2.47 bits per heavy atom. The number of hydrogen-bond acceptors (Lipinski definition) is 3. The summed E-state index contributed by atoms with van der Waals surface area (Å²) < 4.78 is 0. The Bertz CT molecular complexity index is 298. The Morgan fingerprint density at radius 1 is 1.37 bits per heavy atom. The van der Waals surface area contributed by atoms with Crippen molar-refractivity contribution in [3.8, 4) is 0 Å². The number of hydrogen-bond donors (Lipinski definition) is 1. The van der Waals surface area contributed by atoms with Gasteiger partial charge in [0.05, 0.1) is 5.54 Å². The number of nitrogens with two attached hydrogens (primary N) is 1. The molecule has 1 unspecified atom stereocenters. The molecule has 1 aliphatic carbocycles. The zero-order valence-electron chi connectivity index (χ0n) is 11.9. The Kier molecular flexibility index (Phi) is 7.66. The van der Waals surface area contributed by atoms with Crippen molar-refractivity contribution in [3.63, 3.8) is 0 Å². The highest BCUT2D eigenvalue weighted by Gasteiger charge is 2.42. The summed E-state index contributed by atoms with van der Waals surface area (Å²) in [5.74, 6) is 0.145. The molecule has 19 heavy (non-hydrogen) atoms. The van der Waals surface area contributed by atoms with E-state index < -0.39 is 5.54 Å². The second kappa shape index (κ2) is 7.67. The number of rotatable bonds is 4. The van der Waals surface area contributed by atoms with E-state index in [-0.39, 0.29) is 30.7 Å².